The van der Waals surface area contributed by atoms with Crippen LogP contribution in [0.1, 0.15) is 24.1 Å². The van der Waals surface area contributed by atoms with Crippen molar-refractivity contribution in [3.8, 4) is 0 Å². The van der Waals surface area contributed by atoms with Crippen molar-refractivity contribution in [3.63, 3.8) is 0 Å². The number of ether oxygens (including phenoxy) is 1. The molecule has 0 aliphatic carbocycles. The van der Waals surface area contributed by atoms with E-state index in [1.165, 1.54) is 0 Å². The Kier molecular flexibility index (Phi) is 4.86. The maximum Gasteiger partial charge on any atom is 0.225 e. The Hall–Kier alpha value is -1.70. The minimum atomic E-state index is -0.322. The zero-order valence-electron chi connectivity index (χ0n) is 14.7. The van der Waals surface area contributed by atoms with E-state index in [1.54, 1.807) is 18.0 Å². The van der Waals surface area contributed by atoms with Gasteiger partial charge in [0, 0.05) is 25.3 Å². The summed E-state index contributed by atoms with van der Waals surface area (Å²) >= 11 is 6.09. The van der Waals surface area contributed by atoms with E-state index in [9.17, 15) is 9.18 Å². The van der Waals surface area contributed by atoms with Crippen LogP contribution in [0.5, 0.6) is 0 Å². The fourth-order valence-electron chi connectivity index (χ4n) is 3.55. The summed E-state index contributed by atoms with van der Waals surface area (Å²) in [5.74, 6) is -0.331. The predicted molar refractivity (Wildman–Crippen MR) is 96.7 cm³/mol. The number of nitrogens with one attached hydrogen (secondary N) is 1. The van der Waals surface area contributed by atoms with Crippen molar-refractivity contribution in [2.24, 2.45) is 0 Å². The second-order valence-corrected chi connectivity index (χ2v) is 7.33. The largest absolute Gasteiger partial charge is 0.379 e. The molecule has 2 aliphatic rings. The summed E-state index contributed by atoms with van der Waals surface area (Å²) < 4.78 is 22.4. The molecule has 0 aromatic carbocycles. The van der Waals surface area contributed by atoms with Gasteiger partial charge in [0.2, 0.25) is 5.91 Å². The topological polar surface area (TPSA) is 59.4 Å². The van der Waals surface area contributed by atoms with Crippen molar-refractivity contribution in [2.45, 2.75) is 38.9 Å². The maximum absolute atomic E-state index is 14.9. The van der Waals surface area contributed by atoms with Gasteiger partial charge in [0.05, 0.1) is 42.3 Å². The minimum Gasteiger partial charge on any atom is -0.379 e. The zero-order chi connectivity index (χ0) is 18.3. The first-order valence-corrected chi connectivity index (χ1v) is 9.34. The molecule has 1 atom stereocenters. The summed E-state index contributed by atoms with van der Waals surface area (Å²) in [7, 11) is 0. The Morgan fingerprint density at radius 2 is 2.31 bits per heavy atom. The van der Waals surface area contributed by atoms with Crippen molar-refractivity contribution in [2.75, 3.05) is 26.3 Å². The molecule has 0 radical (unpaired) electrons. The van der Waals surface area contributed by atoms with E-state index < -0.39 is 0 Å². The van der Waals surface area contributed by atoms with Crippen molar-refractivity contribution in [3.05, 3.63) is 28.3 Å². The van der Waals surface area contributed by atoms with Gasteiger partial charge in [0.1, 0.15) is 5.65 Å². The Morgan fingerprint density at radius 1 is 1.50 bits per heavy atom. The smallest absolute Gasteiger partial charge is 0.225 e. The van der Waals surface area contributed by atoms with Crippen LogP contribution in [-0.2, 0) is 22.6 Å². The van der Waals surface area contributed by atoms with Crippen LogP contribution in [0.4, 0.5) is 4.39 Å². The summed E-state index contributed by atoms with van der Waals surface area (Å²) in [4.78, 5) is 18.4. The van der Waals surface area contributed by atoms with E-state index in [1.807, 2.05) is 4.57 Å². The van der Waals surface area contributed by atoms with E-state index >= 15 is 0 Å². The lowest BCUT2D eigenvalue weighted by Crippen LogP contribution is -2.46. The fourth-order valence-corrected chi connectivity index (χ4v) is 3.69. The molecule has 1 N–H and O–H groups in total. The van der Waals surface area contributed by atoms with Crippen LogP contribution in [0.3, 0.4) is 0 Å². The molecule has 2 aromatic heterocycles. The van der Waals surface area contributed by atoms with Crippen LogP contribution < -0.4 is 5.32 Å². The van der Waals surface area contributed by atoms with Crippen molar-refractivity contribution in [1.82, 2.24) is 19.8 Å². The summed E-state index contributed by atoms with van der Waals surface area (Å²) in [5.41, 5.74) is 1.78. The molecular weight excluding hydrogens is 359 g/mol. The Labute approximate surface area is 156 Å². The van der Waals surface area contributed by atoms with E-state index in [0.717, 1.165) is 13.0 Å². The summed E-state index contributed by atoms with van der Waals surface area (Å²) in [6.07, 6.45) is 3.00. The molecular formula is C18H22ClFN4O2. The molecule has 4 heterocycles. The molecule has 1 fully saturated rings. The minimum absolute atomic E-state index is 0.00908. The standard InChI is InChI=1S/C18H22ClFN4O2/c1-11-13(19)8-22-18-16(11)17(20)14-9-23(5-6-24(14)18)15(25)3-7-26-10-12-2-4-21-12/h8,12,21H,2-7,9-10H2,1H3. The lowest BCUT2D eigenvalue weighted by molar-refractivity contribution is -0.133. The molecule has 26 heavy (non-hydrogen) atoms. The molecule has 6 nitrogen and oxygen atoms in total. The number of aromatic nitrogens is 2. The quantitative estimate of drug-likeness (QED) is 0.808. The number of aryl methyl sites for hydroxylation is 1. The molecule has 0 spiro atoms. The first-order valence-electron chi connectivity index (χ1n) is 8.97. The van der Waals surface area contributed by atoms with E-state index in [-0.39, 0.29) is 18.3 Å². The third kappa shape index (κ3) is 3.08. The first-order chi connectivity index (χ1) is 12.6. The molecule has 8 heteroatoms. The molecule has 1 amide bonds. The molecule has 1 saturated heterocycles. The predicted octanol–water partition coefficient (Wildman–Crippen LogP) is 2.25. The number of fused-ring (bicyclic) bond motifs is 3. The van der Waals surface area contributed by atoms with Gasteiger partial charge in [0.15, 0.2) is 5.82 Å². The molecule has 4 rings (SSSR count). The van der Waals surface area contributed by atoms with Gasteiger partial charge in [-0.2, -0.15) is 0 Å². The van der Waals surface area contributed by atoms with Crippen LogP contribution in [0.25, 0.3) is 11.0 Å². The Bertz CT molecular complexity index is 850. The van der Waals surface area contributed by atoms with Gasteiger partial charge in [-0.05, 0) is 25.5 Å². The number of halogens is 2. The number of amides is 1. The zero-order valence-corrected chi connectivity index (χ0v) is 15.5. The number of pyridine rings is 1. The highest BCUT2D eigenvalue weighted by Crippen LogP contribution is 2.32. The molecule has 0 saturated carbocycles. The Morgan fingerprint density at radius 3 is 3.04 bits per heavy atom. The number of nitrogens with zero attached hydrogens (tertiary/aromatic N) is 3. The van der Waals surface area contributed by atoms with E-state index in [4.69, 9.17) is 16.3 Å². The third-order valence-corrected chi connectivity index (χ3v) is 5.68. The van der Waals surface area contributed by atoms with Crippen LogP contribution in [0, 0.1) is 12.7 Å². The van der Waals surface area contributed by atoms with Gasteiger partial charge in [-0.25, -0.2) is 9.37 Å². The maximum atomic E-state index is 14.9. The van der Waals surface area contributed by atoms with Crippen molar-refractivity contribution in [1.29, 1.82) is 0 Å². The number of hydrogen-bond donors (Lipinski definition) is 1. The monoisotopic (exact) mass is 380 g/mol. The third-order valence-electron chi connectivity index (χ3n) is 5.30. The highest BCUT2D eigenvalue weighted by Gasteiger charge is 2.28. The second kappa shape index (κ2) is 7.13. The van der Waals surface area contributed by atoms with E-state index in [0.29, 0.717) is 66.1 Å². The second-order valence-electron chi connectivity index (χ2n) is 6.92. The highest BCUT2D eigenvalue weighted by atomic mass is 35.5. The fraction of sp³-hybridized carbons (Fsp3) is 0.556. The van der Waals surface area contributed by atoms with Crippen molar-refractivity contribution < 1.29 is 13.9 Å². The lowest BCUT2D eigenvalue weighted by atomic mass is 10.1. The van der Waals surface area contributed by atoms with Gasteiger partial charge in [0.25, 0.3) is 0 Å². The SMILES string of the molecule is Cc1c(Cl)cnc2c1c(F)c1n2CCN(C(=O)CCOCC2CCN2)C1. The summed E-state index contributed by atoms with van der Waals surface area (Å²) in [5, 5.41) is 4.16. The van der Waals surface area contributed by atoms with Gasteiger partial charge in [-0.15, -0.1) is 0 Å². The summed E-state index contributed by atoms with van der Waals surface area (Å²) in [6, 6.07) is 0.424. The number of carbonyl (C=O) groups is 1. The van der Waals surface area contributed by atoms with Gasteiger partial charge in [-0.3, -0.25) is 4.79 Å². The summed E-state index contributed by atoms with van der Waals surface area (Å²) in [6.45, 7) is 5.20. The van der Waals surface area contributed by atoms with Crippen LogP contribution in [0.15, 0.2) is 6.20 Å². The molecule has 2 aliphatic heterocycles. The number of carbonyl (C=O) groups excluding carboxylic acids is 1. The van der Waals surface area contributed by atoms with Crippen LogP contribution in [0.2, 0.25) is 5.02 Å². The van der Waals surface area contributed by atoms with Crippen molar-refractivity contribution >= 4 is 28.5 Å². The van der Waals surface area contributed by atoms with E-state index in [2.05, 4.69) is 10.3 Å². The Balaban J connectivity index is 1.43. The average Bonchev–Trinajstić information content (AvgIpc) is 2.89. The van der Waals surface area contributed by atoms with Gasteiger partial charge < -0.3 is 19.5 Å². The average molecular weight is 381 g/mol. The molecule has 0 bridgehead atoms. The molecule has 2 aromatic rings. The van der Waals surface area contributed by atoms with Crippen LogP contribution >= 0.6 is 11.6 Å². The number of rotatable bonds is 5. The lowest BCUT2D eigenvalue weighted by Gasteiger charge is -2.29. The van der Waals surface area contributed by atoms with Gasteiger partial charge in [-0.1, -0.05) is 11.6 Å². The highest BCUT2D eigenvalue weighted by molar-refractivity contribution is 6.32. The number of hydrogen-bond acceptors (Lipinski definition) is 4. The molecule has 1 unspecified atom stereocenters. The van der Waals surface area contributed by atoms with Gasteiger partial charge >= 0.3 is 0 Å². The normalized spacial score (nSPS) is 19.5. The molecule has 140 valence electrons. The first kappa shape index (κ1) is 17.7. The van der Waals surface area contributed by atoms with Crippen LogP contribution in [-0.4, -0.2) is 52.7 Å².